The summed E-state index contributed by atoms with van der Waals surface area (Å²) in [4.78, 5) is 33.9. The van der Waals surface area contributed by atoms with Crippen molar-refractivity contribution in [1.29, 1.82) is 5.26 Å². The minimum Gasteiger partial charge on any atom is -0.368 e. The monoisotopic (exact) mass is 417 g/mol. The van der Waals surface area contributed by atoms with Gasteiger partial charge in [-0.3, -0.25) is 14.2 Å². The van der Waals surface area contributed by atoms with Crippen LogP contribution in [0.25, 0.3) is 11.4 Å². The summed E-state index contributed by atoms with van der Waals surface area (Å²) in [5.74, 6) is -0.422. The number of carbonyl (C=O) groups is 1. The number of para-hydroxylation sites is 1. The van der Waals surface area contributed by atoms with Crippen molar-refractivity contribution in [2.45, 2.75) is 6.54 Å². The van der Waals surface area contributed by atoms with E-state index in [2.05, 4.69) is 9.88 Å². The van der Waals surface area contributed by atoms with Crippen LogP contribution in [0.4, 0.5) is 10.1 Å². The molecule has 1 saturated heterocycles. The molecule has 3 aromatic rings. The molecule has 2 heterocycles. The molecule has 0 radical (unpaired) electrons. The lowest BCUT2D eigenvalue weighted by atomic mass is 10.2. The number of anilines is 1. The first-order valence-corrected chi connectivity index (χ1v) is 9.90. The van der Waals surface area contributed by atoms with E-state index in [1.54, 1.807) is 4.90 Å². The molecule has 7 nitrogen and oxygen atoms in total. The zero-order chi connectivity index (χ0) is 21.8. The van der Waals surface area contributed by atoms with Gasteiger partial charge >= 0.3 is 0 Å². The van der Waals surface area contributed by atoms with Crippen LogP contribution in [0.3, 0.4) is 0 Å². The average Bonchev–Trinajstić information content (AvgIpc) is 2.81. The number of benzene rings is 2. The lowest BCUT2D eigenvalue weighted by Crippen LogP contribution is -2.50. The second-order valence-corrected chi connectivity index (χ2v) is 7.21. The zero-order valence-electron chi connectivity index (χ0n) is 16.7. The van der Waals surface area contributed by atoms with Gasteiger partial charge < -0.3 is 9.80 Å². The Bertz CT molecular complexity index is 1180. The fraction of sp³-hybridized carbons (Fsp3) is 0.217. The fourth-order valence-corrected chi connectivity index (χ4v) is 3.63. The molecule has 156 valence electrons. The van der Waals surface area contributed by atoms with Crippen LogP contribution in [0.15, 0.2) is 65.6 Å². The first kappa shape index (κ1) is 20.3. The molecule has 0 N–H and O–H groups in total. The van der Waals surface area contributed by atoms with E-state index in [1.165, 1.54) is 35.0 Å². The number of rotatable bonds is 4. The molecule has 1 fully saturated rings. The maximum Gasteiger partial charge on any atom is 0.272 e. The van der Waals surface area contributed by atoms with Crippen LogP contribution in [0.2, 0.25) is 0 Å². The summed E-state index contributed by atoms with van der Waals surface area (Å²) >= 11 is 0. The molecule has 0 bridgehead atoms. The van der Waals surface area contributed by atoms with Gasteiger partial charge in [-0.15, -0.1) is 0 Å². The average molecular weight is 417 g/mol. The van der Waals surface area contributed by atoms with Crippen LogP contribution in [-0.2, 0) is 11.3 Å². The number of hydrogen-bond donors (Lipinski definition) is 0. The van der Waals surface area contributed by atoms with Gasteiger partial charge in [-0.25, -0.2) is 9.37 Å². The summed E-state index contributed by atoms with van der Waals surface area (Å²) in [6, 6.07) is 17.3. The van der Waals surface area contributed by atoms with E-state index in [0.717, 1.165) is 5.69 Å². The molecule has 1 aliphatic heterocycles. The van der Waals surface area contributed by atoms with Crippen molar-refractivity contribution in [2.24, 2.45) is 0 Å². The van der Waals surface area contributed by atoms with Gasteiger partial charge in [-0.1, -0.05) is 18.2 Å². The Hall–Kier alpha value is -3.99. The van der Waals surface area contributed by atoms with E-state index in [0.29, 0.717) is 31.7 Å². The van der Waals surface area contributed by atoms with Crippen molar-refractivity contribution in [2.75, 3.05) is 31.1 Å². The van der Waals surface area contributed by atoms with E-state index in [1.807, 2.05) is 36.4 Å². The number of carbonyl (C=O) groups excluding carboxylic acids is 1. The minimum absolute atomic E-state index is 0.146. The maximum atomic E-state index is 13.3. The summed E-state index contributed by atoms with van der Waals surface area (Å²) in [6.07, 6.45) is 1.18. The third kappa shape index (κ3) is 4.31. The van der Waals surface area contributed by atoms with Gasteiger partial charge in [0.25, 0.3) is 5.56 Å². The van der Waals surface area contributed by atoms with Crippen LogP contribution in [0, 0.1) is 17.1 Å². The molecule has 8 heteroatoms. The van der Waals surface area contributed by atoms with Crippen molar-refractivity contribution >= 4 is 11.6 Å². The first-order valence-electron chi connectivity index (χ1n) is 9.90. The Labute approximate surface area is 178 Å². The Kier molecular flexibility index (Phi) is 5.76. The summed E-state index contributed by atoms with van der Waals surface area (Å²) in [7, 11) is 0. The molecule has 0 spiro atoms. The van der Waals surface area contributed by atoms with E-state index < -0.39 is 11.4 Å². The number of nitrogens with zero attached hydrogens (tertiary/aromatic N) is 5. The molecule has 0 atom stereocenters. The first-order chi connectivity index (χ1) is 15.1. The number of aromatic nitrogens is 2. The van der Waals surface area contributed by atoms with Crippen molar-refractivity contribution in [1.82, 2.24) is 14.5 Å². The third-order valence-corrected chi connectivity index (χ3v) is 5.32. The molecule has 1 aliphatic rings. The standard InChI is InChI=1S/C23H20FN5O2/c24-19-8-6-17(7-9-19)22-26-15-18(14-25)23(31)29(22)16-21(30)28-12-10-27(11-13-28)20-4-2-1-3-5-20/h1-9,15H,10-13,16H2. The molecule has 0 aliphatic carbocycles. The van der Waals surface area contributed by atoms with Gasteiger partial charge in [0.15, 0.2) is 0 Å². The van der Waals surface area contributed by atoms with Crippen molar-refractivity contribution in [3.63, 3.8) is 0 Å². The van der Waals surface area contributed by atoms with E-state index in [9.17, 15) is 19.2 Å². The number of nitriles is 1. The van der Waals surface area contributed by atoms with E-state index in [-0.39, 0.29) is 23.8 Å². The maximum absolute atomic E-state index is 13.3. The Balaban J connectivity index is 1.55. The Morgan fingerprint density at radius 1 is 1.03 bits per heavy atom. The molecule has 1 aromatic heterocycles. The van der Waals surface area contributed by atoms with Gasteiger partial charge in [-0.2, -0.15) is 5.26 Å². The quantitative estimate of drug-likeness (QED) is 0.651. The predicted molar refractivity (Wildman–Crippen MR) is 114 cm³/mol. The van der Waals surface area contributed by atoms with E-state index >= 15 is 0 Å². The normalized spacial score (nSPS) is 13.7. The molecule has 2 aromatic carbocycles. The van der Waals surface area contributed by atoms with Crippen LogP contribution < -0.4 is 10.5 Å². The number of amides is 1. The second-order valence-electron chi connectivity index (χ2n) is 7.21. The summed E-state index contributed by atoms with van der Waals surface area (Å²) < 4.78 is 14.5. The van der Waals surface area contributed by atoms with Gasteiger partial charge in [-0.05, 0) is 36.4 Å². The highest BCUT2D eigenvalue weighted by atomic mass is 19.1. The van der Waals surface area contributed by atoms with Crippen molar-refractivity contribution in [3.05, 3.63) is 82.5 Å². The molecule has 0 saturated carbocycles. The van der Waals surface area contributed by atoms with Crippen molar-refractivity contribution in [3.8, 4) is 17.5 Å². The summed E-state index contributed by atoms with van der Waals surface area (Å²) in [5, 5.41) is 9.21. The highest BCUT2D eigenvalue weighted by Crippen LogP contribution is 2.18. The smallest absolute Gasteiger partial charge is 0.272 e. The number of hydrogen-bond acceptors (Lipinski definition) is 5. The lowest BCUT2D eigenvalue weighted by Gasteiger charge is -2.36. The highest BCUT2D eigenvalue weighted by Gasteiger charge is 2.23. The molecule has 4 rings (SSSR count). The highest BCUT2D eigenvalue weighted by molar-refractivity contribution is 5.77. The molecule has 31 heavy (non-hydrogen) atoms. The third-order valence-electron chi connectivity index (χ3n) is 5.32. The minimum atomic E-state index is -0.590. The van der Waals surface area contributed by atoms with Crippen LogP contribution in [-0.4, -0.2) is 46.5 Å². The molecular formula is C23H20FN5O2. The zero-order valence-corrected chi connectivity index (χ0v) is 16.7. The van der Waals surface area contributed by atoms with Crippen LogP contribution in [0.5, 0.6) is 0 Å². The van der Waals surface area contributed by atoms with Crippen LogP contribution in [0.1, 0.15) is 5.56 Å². The van der Waals surface area contributed by atoms with Gasteiger partial charge in [0.2, 0.25) is 5.91 Å². The molecule has 1 amide bonds. The lowest BCUT2D eigenvalue weighted by molar-refractivity contribution is -0.132. The second kappa shape index (κ2) is 8.79. The van der Waals surface area contributed by atoms with Crippen LogP contribution >= 0.6 is 0 Å². The Morgan fingerprint density at radius 3 is 2.35 bits per heavy atom. The summed E-state index contributed by atoms with van der Waals surface area (Å²) in [6.45, 7) is 2.19. The van der Waals surface area contributed by atoms with Gasteiger partial charge in [0.05, 0.1) is 6.20 Å². The van der Waals surface area contributed by atoms with E-state index in [4.69, 9.17) is 0 Å². The number of piperazine rings is 1. The SMILES string of the molecule is N#Cc1cnc(-c2ccc(F)cc2)n(CC(=O)N2CCN(c3ccccc3)CC2)c1=O. The van der Waals surface area contributed by atoms with Gasteiger partial charge in [0.1, 0.15) is 29.8 Å². The largest absolute Gasteiger partial charge is 0.368 e. The number of halogens is 1. The topological polar surface area (TPSA) is 82.2 Å². The Morgan fingerprint density at radius 2 is 1.71 bits per heavy atom. The molecular weight excluding hydrogens is 397 g/mol. The molecule has 0 unspecified atom stereocenters. The van der Waals surface area contributed by atoms with Crippen molar-refractivity contribution < 1.29 is 9.18 Å². The fourth-order valence-electron chi connectivity index (χ4n) is 3.63. The predicted octanol–water partition coefficient (Wildman–Crippen LogP) is 2.27. The summed E-state index contributed by atoms with van der Waals surface area (Å²) in [5.41, 5.74) is 0.862. The van der Waals surface area contributed by atoms with Gasteiger partial charge in [0, 0.05) is 37.4 Å².